The van der Waals surface area contributed by atoms with Crippen LogP contribution in [-0.4, -0.2) is 23.5 Å². The van der Waals surface area contributed by atoms with Gasteiger partial charge < -0.3 is 20.5 Å². The van der Waals surface area contributed by atoms with E-state index in [4.69, 9.17) is 33.0 Å². The van der Waals surface area contributed by atoms with Gasteiger partial charge in [-0.25, -0.2) is 0 Å². The number of carboxylic acid groups (broad SMARTS) is 1. The molecule has 0 aliphatic rings. The van der Waals surface area contributed by atoms with Crippen molar-refractivity contribution in [3.8, 4) is 5.75 Å². The van der Waals surface area contributed by atoms with Gasteiger partial charge in [-0.3, -0.25) is 9.59 Å². The Bertz CT molecular complexity index is 945. The van der Waals surface area contributed by atoms with Crippen LogP contribution in [0.15, 0.2) is 30.3 Å². The highest BCUT2D eigenvalue weighted by atomic mass is 35.5. The summed E-state index contributed by atoms with van der Waals surface area (Å²) < 4.78 is 45.2. The summed E-state index contributed by atoms with van der Waals surface area (Å²) in [5.74, 6) is -2.06. The lowest BCUT2D eigenvalue weighted by Gasteiger charge is -2.15. The van der Waals surface area contributed by atoms with E-state index >= 15 is 0 Å². The van der Waals surface area contributed by atoms with Crippen LogP contribution in [0.1, 0.15) is 30.9 Å². The molecule has 31 heavy (non-hydrogen) atoms. The van der Waals surface area contributed by atoms with Gasteiger partial charge in [-0.2, -0.15) is 13.2 Å². The van der Waals surface area contributed by atoms with Crippen LogP contribution in [0.25, 0.3) is 0 Å². The highest BCUT2D eigenvalue weighted by Crippen LogP contribution is 2.37. The molecule has 2 rings (SSSR count). The van der Waals surface area contributed by atoms with Crippen molar-refractivity contribution in [3.63, 3.8) is 0 Å². The second-order valence-electron chi connectivity index (χ2n) is 6.52. The van der Waals surface area contributed by atoms with Gasteiger partial charge in [-0.1, -0.05) is 30.1 Å². The van der Waals surface area contributed by atoms with Gasteiger partial charge in [0.05, 0.1) is 15.6 Å². The molecular weight excluding hydrogens is 460 g/mol. The Hall–Kier alpha value is -2.65. The van der Waals surface area contributed by atoms with Crippen molar-refractivity contribution in [3.05, 3.63) is 51.5 Å². The van der Waals surface area contributed by atoms with Gasteiger partial charge in [0.2, 0.25) is 5.91 Å². The van der Waals surface area contributed by atoms with E-state index in [1.54, 1.807) is 0 Å². The van der Waals surface area contributed by atoms with Crippen LogP contribution in [0.5, 0.6) is 5.75 Å². The Morgan fingerprint density at radius 1 is 1.06 bits per heavy atom. The van der Waals surface area contributed by atoms with Crippen molar-refractivity contribution >= 4 is 46.5 Å². The monoisotopic (exact) mass is 478 g/mol. The van der Waals surface area contributed by atoms with Crippen molar-refractivity contribution < 1.29 is 32.6 Å². The molecule has 0 heterocycles. The zero-order valence-electron chi connectivity index (χ0n) is 16.3. The van der Waals surface area contributed by atoms with Crippen molar-refractivity contribution in [1.82, 2.24) is 0 Å². The summed E-state index contributed by atoms with van der Waals surface area (Å²) in [6.45, 7) is 2.16. The van der Waals surface area contributed by atoms with E-state index in [0.717, 1.165) is 18.6 Å². The predicted octanol–water partition coefficient (Wildman–Crippen LogP) is 5.83. The van der Waals surface area contributed by atoms with E-state index in [2.05, 4.69) is 10.6 Å². The standard InChI is InChI=1S/C20H19Cl2F3N2O4/c1-2-3-26-13-5-11(4-12(6-13)20(23,24)25)10-31-19-15(21)7-14(8-16(19)22)27-17(28)9-18(29)30/h4-8,26H,2-3,9-10H2,1H3,(H,27,28)(H,29,30). The van der Waals surface area contributed by atoms with Crippen LogP contribution in [0.4, 0.5) is 24.5 Å². The zero-order valence-corrected chi connectivity index (χ0v) is 17.8. The number of carbonyl (C=O) groups is 2. The quantitative estimate of drug-likeness (QED) is 0.394. The fraction of sp³-hybridized carbons (Fsp3) is 0.300. The van der Waals surface area contributed by atoms with E-state index in [9.17, 15) is 22.8 Å². The number of anilines is 2. The average Bonchev–Trinajstić information content (AvgIpc) is 2.64. The number of nitrogens with one attached hydrogen (secondary N) is 2. The number of halogens is 5. The molecular formula is C20H19Cl2F3N2O4. The lowest BCUT2D eigenvalue weighted by atomic mass is 10.1. The van der Waals surface area contributed by atoms with Crippen molar-refractivity contribution in [2.24, 2.45) is 0 Å². The number of hydrogen-bond acceptors (Lipinski definition) is 4. The molecule has 0 aliphatic carbocycles. The van der Waals surface area contributed by atoms with Gasteiger partial charge >= 0.3 is 12.1 Å². The lowest BCUT2D eigenvalue weighted by molar-refractivity contribution is -0.140. The molecule has 0 fully saturated rings. The molecule has 168 valence electrons. The van der Waals surface area contributed by atoms with Gasteiger partial charge in [-0.15, -0.1) is 0 Å². The number of carbonyl (C=O) groups excluding carboxylic acids is 1. The lowest BCUT2D eigenvalue weighted by Crippen LogP contribution is -2.15. The van der Waals surface area contributed by atoms with E-state index in [1.807, 2.05) is 6.92 Å². The highest BCUT2D eigenvalue weighted by molar-refractivity contribution is 6.37. The normalized spacial score (nSPS) is 11.2. The summed E-state index contributed by atoms with van der Waals surface area (Å²) in [6.07, 6.45) is -4.52. The van der Waals surface area contributed by atoms with Crippen LogP contribution in [-0.2, 0) is 22.4 Å². The molecule has 0 bridgehead atoms. The molecule has 1 amide bonds. The van der Waals surface area contributed by atoms with Gasteiger partial charge in [0.15, 0.2) is 5.75 Å². The summed E-state index contributed by atoms with van der Waals surface area (Å²) >= 11 is 12.2. The van der Waals surface area contributed by atoms with E-state index in [0.29, 0.717) is 12.2 Å². The number of alkyl halides is 3. The van der Waals surface area contributed by atoms with Crippen molar-refractivity contribution in [2.45, 2.75) is 32.5 Å². The molecule has 0 atom stereocenters. The third-order valence-corrected chi connectivity index (χ3v) is 4.44. The van der Waals surface area contributed by atoms with Gasteiger partial charge in [0, 0.05) is 17.9 Å². The minimum absolute atomic E-state index is 0.00516. The molecule has 2 aromatic carbocycles. The summed E-state index contributed by atoms with van der Waals surface area (Å²) in [7, 11) is 0. The van der Waals surface area contributed by atoms with Crippen molar-refractivity contribution in [2.75, 3.05) is 17.2 Å². The Labute approximate surface area is 186 Å². The van der Waals surface area contributed by atoms with E-state index < -0.39 is 30.0 Å². The van der Waals surface area contributed by atoms with Crippen LogP contribution < -0.4 is 15.4 Å². The number of rotatable bonds is 9. The molecule has 0 aromatic heterocycles. The van der Waals surface area contributed by atoms with Gasteiger partial charge in [0.25, 0.3) is 0 Å². The fourth-order valence-corrected chi connectivity index (χ4v) is 3.17. The Morgan fingerprint density at radius 2 is 1.71 bits per heavy atom. The van der Waals surface area contributed by atoms with E-state index in [-0.39, 0.29) is 33.7 Å². The van der Waals surface area contributed by atoms with Gasteiger partial charge in [0.1, 0.15) is 13.0 Å². The largest absolute Gasteiger partial charge is 0.486 e. The molecule has 3 N–H and O–H groups in total. The van der Waals surface area contributed by atoms with Crippen LogP contribution in [0, 0.1) is 0 Å². The Morgan fingerprint density at radius 3 is 2.26 bits per heavy atom. The minimum atomic E-state index is -4.52. The van der Waals surface area contributed by atoms with Crippen molar-refractivity contribution in [1.29, 1.82) is 0 Å². The van der Waals surface area contributed by atoms with Crippen LogP contribution in [0.3, 0.4) is 0 Å². The maximum Gasteiger partial charge on any atom is 0.416 e. The first-order valence-electron chi connectivity index (χ1n) is 9.08. The fourth-order valence-electron chi connectivity index (χ4n) is 2.58. The average molecular weight is 479 g/mol. The molecule has 2 aromatic rings. The molecule has 0 radical (unpaired) electrons. The third kappa shape index (κ3) is 7.52. The van der Waals surface area contributed by atoms with E-state index in [1.165, 1.54) is 18.2 Å². The summed E-state index contributed by atoms with van der Waals surface area (Å²) in [5, 5.41) is 13.9. The summed E-state index contributed by atoms with van der Waals surface area (Å²) in [4.78, 5) is 22.1. The maximum atomic E-state index is 13.2. The second kappa shape index (κ2) is 10.6. The molecule has 0 saturated heterocycles. The topological polar surface area (TPSA) is 87.7 Å². The number of ether oxygens (including phenoxy) is 1. The Kier molecular flexibility index (Phi) is 8.41. The zero-order chi connectivity index (χ0) is 23.2. The highest BCUT2D eigenvalue weighted by Gasteiger charge is 2.31. The molecule has 0 aliphatic heterocycles. The predicted molar refractivity (Wildman–Crippen MR) is 112 cm³/mol. The van der Waals surface area contributed by atoms with Crippen LogP contribution in [0.2, 0.25) is 10.0 Å². The Balaban J connectivity index is 2.20. The first-order valence-corrected chi connectivity index (χ1v) is 9.83. The molecule has 0 saturated carbocycles. The number of benzene rings is 2. The first-order chi connectivity index (χ1) is 14.5. The smallest absolute Gasteiger partial charge is 0.416 e. The molecule has 6 nitrogen and oxygen atoms in total. The van der Waals surface area contributed by atoms with Crippen LogP contribution >= 0.6 is 23.2 Å². The first kappa shape index (κ1) is 24.6. The number of amides is 1. The minimum Gasteiger partial charge on any atom is -0.486 e. The SMILES string of the molecule is CCCNc1cc(COc2c(Cl)cc(NC(=O)CC(=O)O)cc2Cl)cc(C(F)(F)F)c1. The third-order valence-electron chi connectivity index (χ3n) is 3.88. The number of carboxylic acids is 1. The van der Waals surface area contributed by atoms with Gasteiger partial charge in [-0.05, 0) is 42.3 Å². The molecule has 0 spiro atoms. The molecule has 0 unspecified atom stereocenters. The molecule has 11 heteroatoms. The second-order valence-corrected chi connectivity index (χ2v) is 7.33. The number of hydrogen-bond donors (Lipinski definition) is 3. The number of aliphatic carboxylic acids is 1. The summed E-state index contributed by atoms with van der Waals surface area (Å²) in [5.41, 5.74) is -0.108. The summed E-state index contributed by atoms with van der Waals surface area (Å²) in [6, 6.07) is 6.12. The maximum absolute atomic E-state index is 13.2.